The molecule has 2 amide bonds. The lowest BCUT2D eigenvalue weighted by molar-refractivity contribution is -0.139. The van der Waals surface area contributed by atoms with E-state index < -0.39 is 6.04 Å². The van der Waals surface area contributed by atoms with Gasteiger partial charge in [0.2, 0.25) is 11.8 Å². The van der Waals surface area contributed by atoms with Crippen LogP contribution < -0.4 is 10.6 Å². The number of tetrazole rings is 1. The Morgan fingerprint density at radius 2 is 1.81 bits per heavy atom. The van der Waals surface area contributed by atoms with Crippen molar-refractivity contribution >= 4 is 23.4 Å². The second-order valence-corrected chi connectivity index (χ2v) is 13.1. The van der Waals surface area contributed by atoms with Gasteiger partial charge in [0, 0.05) is 57.0 Å². The molecule has 1 aliphatic carbocycles. The van der Waals surface area contributed by atoms with E-state index in [0.717, 1.165) is 42.8 Å². The fourth-order valence-corrected chi connectivity index (χ4v) is 7.73. The predicted molar refractivity (Wildman–Crippen MR) is 165 cm³/mol. The van der Waals surface area contributed by atoms with E-state index in [4.69, 9.17) is 11.6 Å². The molecule has 9 nitrogen and oxygen atoms in total. The van der Waals surface area contributed by atoms with Crippen LogP contribution in [0.15, 0.2) is 48.5 Å². The molecule has 2 atom stereocenters. The highest BCUT2D eigenvalue weighted by atomic mass is 35.5. The number of fused-ring (bicyclic) bond motifs is 1. The van der Waals surface area contributed by atoms with Gasteiger partial charge in [0.05, 0.1) is 0 Å². The van der Waals surface area contributed by atoms with Gasteiger partial charge in [0.25, 0.3) is 0 Å². The number of likely N-dealkylation sites (tertiary alicyclic amines) is 1. The predicted octanol–water partition coefficient (Wildman–Crippen LogP) is 4.56. The minimum atomic E-state index is -0.643. The van der Waals surface area contributed by atoms with Crippen LogP contribution in [-0.2, 0) is 36.0 Å². The summed E-state index contributed by atoms with van der Waals surface area (Å²) in [6, 6.07) is 15.0. The number of hydrogen-bond acceptors (Lipinski definition) is 6. The van der Waals surface area contributed by atoms with Crippen LogP contribution in [-0.4, -0.2) is 56.1 Å². The van der Waals surface area contributed by atoms with E-state index in [0.29, 0.717) is 30.5 Å². The zero-order chi connectivity index (χ0) is 29.8. The van der Waals surface area contributed by atoms with Crippen LogP contribution >= 0.6 is 11.6 Å². The summed E-state index contributed by atoms with van der Waals surface area (Å²) >= 11 is 6.14. The number of nitrogens with one attached hydrogen (secondary N) is 2. The van der Waals surface area contributed by atoms with Crippen LogP contribution in [0, 0.1) is 11.3 Å². The summed E-state index contributed by atoms with van der Waals surface area (Å²) in [5.74, 6) is 1.40. The molecule has 0 bridgehead atoms. The quantitative estimate of drug-likeness (QED) is 0.372. The Labute approximate surface area is 258 Å². The van der Waals surface area contributed by atoms with Crippen molar-refractivity contribution in [2.24, 2.45) is 18.4 Å². The Bertz CT molecular complexity index is 1410. The lowest BCUT2D eigenvalue weighted by atomic mass is 9.62. The van der Waals surface area contributed by atoms with Gasteiger partial charge in [-0.05, 0) is 76.3 Å². The monoisotopic (exact) mass is 603 g/mol. The normalized spacial score (nSPS) is 20.9. The fraction of sp³-hybridized carbons (Fsp3) is 0.545. The average molecular weight is 604 g/mol. The Kier molecular flexibility index (Phi) is 9.09. The summed E-state index contributed by atoms with van der Waals surface area (Å²) in [5, 5.41) is 19.5. The van der Waals surface area contributed by atoms with E-state index in [1.54, 1.807) is 4.68 Å². The van der Waals surface area contributed by atoms with Crippen LogP contribution in [0.3, 0.4) is 0 Å². The molecular formula is C33H42ClN7O2. The highest BCUT2D eigenvalue weighted by Crippen LogP contribution is 2.47. The summed E-state index contributed by atoms with van der Waals surface area (Å²) in [5.41, 5.74) is 3.43. The molecular weight excluding hydrogens is 562 g/mol. The first-order valence-corrected chi connectivity index (χ1v) is 16.1. The van der Waals surface area contributed by atoms with Gasteiger partial charge in [0.1, 0.15) is 6.04 Å². The lowest BCUT2D eigenvalue weighted by Gasteiger charge is -2.48. The fourth-order valence-electron chi connectivity index (χ4n) is 7.61. The van der Waals surface area contributed by atoms with Crippen molar-refractivity contribution in [2.45, 2.75) is 82.8 Å². The van der Waals surface area contributed by atoms with E-state index in [1.807, 2.05) is 48.3 Å². The molecule has 3 aliphatic rings. The van der Waals surface area contributed by atoms with Gasteiger partial charge in [-0.1, -0.05) is 67.3 Å². The van der Waals surface area contributed by atoms with Crippen molar-refractivity contribution in [3.63, 3.8) is 0 Å². The molecule has 0 radical (unpaired) electrons. The molecule has 1 aromatic heterocycles. The van der Waals surface area contributed by atoms with Crippen molar-refractivity contribution in [3.8, 4) is 0 Å². The van der Waals surface area contributed by atoms with Gasteiger partial charge in [-0.3, -0.25) is 9.59 Å². The van der Waals surface area contributed by atoms with Gasteiger partial charge in [-0.2, -0.15) is 0 Å². The summed E-state index contributed by atoms with van der Waals surface area (Å²) in [4.78, 5) is 29.5. The average Bonchev–Trinajstić information content (AvgIpc) is 3.63. The number of hydrogen-bond donors (Lipinski definition) is 2. The number of nitrogens with zero attached hydrogens (tertiary/aromatic N) is 5. The van der Waals surface area contributed by atoms with Gasteiger partial charge >= 0.3 is 0 Å². The largest absolute Gasteiger partial charge is 0.344 e. The number of halogens is 1. The number of piperidine rings is 1. The maximum absolute atomic E-state index is 14.1. The van der Waals surface area contributed by atoms with E-state index >= 15 is 0 Å². The smallest absolute Gasteiger partial charge is 0.245 e. The molecule has 1 saturated carbocycles. The zero-order valence-corrected chi connectivity index (χ0v) is 25.7. The number of benzene rings is 2. The summed E-state index contributed by atoms with van der Waals surface area (Å²) in [6.07, 6.45) is 9.67. The second kappa shape index (κ2) is 13.1. The molecule has 3 aromatic rings. The Balaban J connectivity index is 1.16. The molecule has 2 aromatic carbocycles. The van der Waals surface area contributed by atoms with Crippen molar-refractivity contribution in [2.75, 3.05) is 13.1 Å². The Hall–Kier alpha value is -3.30. The lowest BCUT2D eigenvalue weighted by Crippen LogP contribution is -2.54. The third-order valence-electron chi connectivity index (χ3n) is 10.1. The molecule has 1 saturated heterocycles. The molecule has 2 N–H and O–H groups in total. The second-order valence-electron chi connectivity index (χ2n) is 12.7. The molecule has 1 unspecified atom stereocenters. The van der Waals surface area contributed by atoms with Crippen LogP contribution in [0.5, 0.6) is 0 Å². The molecule has 228 valence electrons. The molecule has 2 aliphatic heterocycles. The van der Waals surface area contributed by atoms with Crippen LogP contribution in [0.4, 0.5) is 0 Å². The van der Waals surface area contributed by atoms with Crippen LogP contribution in [0.25, 0.3) is 0 Å². The first-order valence-electron chi connectivity index (χ1n) is 15.8. The Morgan fingerprint density at radius 3 is 2.53 bits per heavy atom. The topological polar surface area (TPSA) is 105 Å². The number of carbonyl (C=O) groups is 2. The van der Waals surface area contributed by atoms with Crippen molar-refractivity contribution in [3.05, 3.63) is 76.1 Å². The van der Waals surface area contributed by atoms with E-state index in [2.05, 4.69) is 38.3 Å². The minimum absolute atomic E-state index is 0.0133. The van der Waals surface area contributed by atoms with Crippen molar-refractivity contribution in [1.29, 1.82) is 0 Å². The van der Waals surface area contributed by atoms with Crippen molar-refractivity contribution < 1.29 is 9.59 Å². The van der Waals surface area contributed by atoms with Crippen LogP contribution in [0.1, 0.15) is 79.9 Å². The first kappa shape index (κ1) is 29.8. The summed E-state index contributed by atoms with van der Waals surface area (Å²) in [6.45, 7) is 2.10. The van der Waals surface area contributed by atoms with E-state index in [9.17, 15) is 9.59 Å². The zero-order valence-electron chi connectivity index (χ0n) is 25.0. The van der Waals surface area contributed by atoms with E-state index in [-0.39, 0.29) is 29.7 Å². The number of amides is 2. The number of rotatable bonds is 9. The number of aromatic nitrogens is 4. The van der Waals surface area contributed by atoms with Gasteiger partial charge in [-0.25, -0.2) is 4.68 Å². The molecule has 6 rings (SSSR count). The van der Waals surface area contributed by atoms with Gasteiger partial charge < -0.3 is 15.5 Å². The highest BCUT2D eigenvalue weighted by molar-refractivity contribution is 6.30. The number of aryl methyl sites for hydroxylation is 1. The molecule has 3 heterocycles. The SMILES string of the molecule is Cn1nnnc1CC1(C2CCCCC2)CCN(C(=O)[C@@H](Cc2ccc(Cl)cc2)NC(=O)CC2NCc3ccccc32)CC1. The maximum Gasteiger partial charge on any atom is 0.245 e. The summed E-state index contributed by atoms with van der Waals surface area (Å²) < 4.78 is 1.79. The maximum atomic E-state index is 14.1. The van der Waals surface area contributed by atoms with E-state index in [1.165, 1.54) is 37.7 Å². The first-order chi connectivity index (χ1) is 20.9. The highest BCUT2D eigenvalue weighted by Gasteiger charge is 2.44. The van der Waals surface area contributed by atoms with Gasteiger partial charge in [0.15, 0.2) is 5.82 Å². The molecule has 10 heteroatoms. The molecule has 0 spiro atoms. The van der Waals surface area contributed by atoms with Crippen molar-refractivity contribution in [1.82, 2.24) is 35.7 Å². The van der Waals surface area contributed by atoms with Gasteiger partial charge in [-0.15, -0.1) is 5.10 Å². The third-order valence-corrected chi connectivity index (χ3v) is 10.4. The van der Waals surface area contributed by atoms with Crippen LogP contribution in [0.2, 0.25) is 5.02 Å². The minimum Gasteiger partial charge on any atom is -0.344 e. The standard InChI is InChI=1S/C33H42ClN7O2/c1-40-30(37-38-39-40)21-33(25-8-3-2-4-9-25)15-17-41(18-16-33)32(43)29(19-23-11-13-26(34)14-12-23)36-31(42)20-28-27-10-6-5-7-24(27)22-35-28/h5-7,10-14,25,28-29,35H,2-4,8-9,15-22H2,1H3,(H,36,42)/t28?,29-/m1/s1. The molecule has 2 fully saturated rings. The Morgan fingerprint density at radius 1 is 1.07 bits per heavy atom. The third kappa shape index (κ3) is 6.78. The summed E-state index contributed by atoms with van der Waals surface area (Å²) in [7, 11) is 1.91. The number of carbonyl (C=O) groups excluding carboxylic acids is 2. The molecule has 43 heavy (non-hydrogen) atoms.